The Morgan fingerprint density at radius 1 is 0.929 bits per heavy atom. The van der Waals surface area contributed by atoms with E-state index in [1.54, 1.807) is 29.2 Å². The van der Waals surface area contributed by atoms with Crippen molar-refractivity contribution in [3.63, 3.8) is 0 Å². The van der Waals surface area contributed by atoms with Crippen molar-refractivity contribution in [3.8, 4) is 0 Å². The third-order valence-electron chi connectivity index (χ3n) is 5.04. The maximum Gasteiger partial charge on any atom is 0.340 e. The van der Waals surface area contributed by atoms with Crippen molar-refractivity contribution >= 4 is 35.0 Å². The zero-order chi connectivity index (χ0) is 19.8. The Labute approximate surface area is 166 Å². The number of ketones is 2. The van der Waals surface area contributed by atoms with E-state index in [1.807, 2.05) is 0 Å². The molecule has 1 fully saturated rings. The SMILES string of the molecule is O=C(OCC(=O)N1CCCC1)c1ccc2c(c1Cl)C(=O)c1ccccc1C2=O. The molecule has 2 aromatic carbocycles. The largest absolute Gasteiger partial charge is 0.452 e. The molecule has 0 radical (unpaired) electrons. The predicted molar refractivity (Wildman–Crippen MR) is 101 cm³/mol. The first-order valence-corrected chi connectivity index (χ1v) is 9.32. The van der Waals surface area contributed by atoms with Crippen LogP contribution in [0.3, 0.4) is 0 Å². The van der Waals surface area contributed by atoms with E-state index in [-0.39, 0.29) is 45.6 Å². The molecule has 1 aliphatic heterocycles. The molecule has 0 bridgehead atoms. The summed E-state index contributed by atoms with van der Waals surface area (Å²) in [7, 11) is 0. The quantitative estimate of drug-likeness (QED) is 0.635. The first-order valence-electron chi connectivity index (χ1n) is 8.95. The van der Waals surface area contributed by atoms with Gasteiger partial charge in [-0.05, 0) is 25.0 Å². The number of hydrogen-bond acceptors (Lipinski definition) is 5. The molecule has 1 heterocycles. The van der Waals surface area contributed by atoms with Gasteiger partial charge in [-0.25, -0.2) is 4.79 Å². The lowest BCUT2D eigenvalue weighted by molar-refractivity contribution is -0.133. The number of esters is 1. The lowest BCUT2D eigenvalue weighted by Gasteiger charge is -2.19. The number of carbonyl (C=O) groups excluding carboxylic acids is 4. The number of hydrogen-bond donors (Lipinski definition) is 0. The monoisotopic (exact) mass is 397 g/mol. The van der Waals surface area contributed by atoms with Crippen LogP contribution in [0.2, 0.25) is 5.02 Å². The van der Waals surface area contributed by atoms with Crippen molar-refractivity contribution in [2.75, 3.05) is 19.7 Å². The van der Waals surface area contributed by atoms with Crippen molar-refractivity contribution in [3.05, 3.63) is 69.2 Å². The van der Waals surface area contributed by atoms with Crippen molar-refractivity contribution < 1.29 is 23.9 Å². The summed E-state index contributed by atoms with van der Waals surface area (Å²) < 4.78 is 5.09. The number of likely N-dealkylation sites (tertiary alicyclic amines) is 1. The van der Waals surface area contributed by atoms with Gasteiger partial charge >= 0.3 is 5.97 Å². The minimum atomic E-state index is -0.806. The number of ether oxygens (including phenoxy) is 1. The van der Waals surface area contributed by atoms with Crippen LogP contribution in [0, 0.1) is 0 Å². The van der Waals surface area contributed by atoms with Crippen LogP contribution in [0.4, 0.5) is 0 Å². The van der Waals surface area contributed by atoms with Crippen LogP contribution in [-0.2, 0) is 9.53 Å². The predicted octanol–water partition coefficient (Wildman–Crippen LogP) is 2.89. The van der Waals surface area contributed by atoms with Crippen LogP contribution in [0.25, 0.3) is 0 Å². The van der Waals surface area contributed by atoms with Gasteiger partial charge in [0.2, 0.25) is 0 Å². The van der Waals surface area contributed by atoms with E-state index in [9.17, 15) is 19.2 Å². The Morgan fingerprint density at radius 3 is 2.25 bits per heavy atom. The zero-order valence-corrected chi connectivity index (χ0v) is 15.6. The molecule has 28 heavy (non-hydrogen) atoms. The van der Waals surface area contributed by atoms with Gasteiger partial charge in [-0.2, -0.15) is 0 Å². The lowest BCUT2D eigenvalue weighted by atomic mass is 9.83. The normalized spacial score (nSPS) is 15.2. The van der Waals surface area contributed by atoms with Gasteiger partial charge in [0.05, 0.1) is 16.1 Å². The molecule has 7 heteroatoms. The Morgan fingerprint density at radius 2 is 1.57 bits per heavy atom. The maximum atomic E-state index is 12.8. The second-order valence-corrected chi connectivity index (χ2v) is 7.10. The van der Waals surface area contributed by atoms with Gasteiger partial charge in [0.25, 0.3) is 5.91 Å². The molecule has 1 amide bonds. The average Bonchev–Trinajstić information content (AvgIpc) is 3.25. The van der Waals surface area contributed by atoms with Gasteiger partial charge in [-0.1, -0.05) is 35.9 Å². The molecule has 0 N–H and O–H groups in total. The molecule has 0 aromatic heterocycles. The molecule has 1 saturated heterocycles. The van der Waals surface area contributed by atoms with Crippen LogP contribution in [-0.4, -0.2) is 48.0 Å². The van der Waals surface area contributed by atoms with Gasteiger partial charge in [0.1, 0.15) is 0 Å². The van der Waals surface area contributed by atoms with Crippen molar-refractivity contribution in [2.45, 2.75) is 12.8 Å². The number of fused-ring (bicyclic) bond motifs is 2. The first kappa shape index (κ1) is 18.4. The molecule has 0 saturated carbocycles. The molecule has 0 atom stereocenters. The summed E-state index contributed by atoms with van der Waals surface area (Å²) in [6.07, 6.45) is 1.88. The number of halogens is 1. The van der Waals surface area contributed by atoms with E-state index in [2.05, 4.69) is 0 Å². The van der Waals surface area contributed by atoms with Crippen molar-refractivity contribution in [2.24, 2.45) is 0 Å². The summed E-state index contributed by atoms with van der Waals surface area (Å²) >= 11 is 6.32. The Balaban J connectivity index is 1.60. The maximum absolute atomic E-state index is 12.8. The third kappa shape index (κ3) is 2.99. The number of rotatable bonds is 3. The average molecular weight is 398 g/mol. The highest BCUT2D eigenvalue weighted by Gasteiger charge is 2.33. The van der Waals surface area contributed by atoms with Crippen molar-refractivity contribution in [1.82, 2.24) is 4.90 Å². The highest BCUT2D eigenvalue weighted by atomic mass is 35.5. The zero-order valence-electron chi connectivity index (χ0n) is 14.9. The van der Waals surface area contributed by atoms with E-state index in [1.165, 1.54) is 12.1 Å². The van der Waals surface area contributed by atoms with E-state index in [4.69, 9.17) is 16.3 Å². The highest BCUT2D eigenvalue weighted by molar-refractivity contribution is 6.41. The molecule has 6 nitrogen and oxygen atoms in total. The summed E-state index contributed by atoms with van der Waals surface area (Å²) in [5.41, 5.74) is 0.651. The Bertz CT molecular complexity index is 1020. The number of amides is 1. The fourth-order valence-corrected chi connectivity index (χ4v) is 3.89. The van der Waals surface area contributed by atoms with Crippen molar-refractivity contribution in [1.29, 1.82) is 0 Å². The Hall–Kier alpha value is -2.99. The number of nitrogens with zero attached hydrogens (tertiary/aromatic N) is 1. The van der Waals surface area contributed by atoms with Gasteiger partial charge in [0, 0.05) is 29.8 Å². The highest BCUT2D eigenvalue weighted by Crippen LogP contribution is 2.34. The third-order valence-corrected chi connectivity index (χ3v) is 5.43. The molecule has 2 aliphatic rings. The van der Waals surface area contributed by atoms with Crippen LogP contribution >= 0.6 is 11.6 Å². The minimum Gasteiger partial charge on any atom is -0.452 e. The fourth-order valence-electron chi connectivity index (χ4n) is 3.57. The molecule has 4 rings (SSSR count). The minimum absolute atomic E-state index is 0.00862. The summed E-state index contributed by atoms with van der Waals surface area (Å²) in [6.45, 7) is 0.931. The molecular formula is C21H16ClNO5. The summed E-state index contributed by atoms with van der Waals surface area (Å²) in [5.74, 6) is -1.81. The van der Waals surface area contributed by atoms with Gasteiger partial charge in [-0.15, -0.1) is 0 Å². The van der Waals surface area contributed by atoms with E-state index in [0.29, 0.717) is 18.7 Å². The van der Waals surface area contributed by atoms with Gasteiger partial charge < -0.3 is 9.64 Å². The number of carbonyl (C=O) groups is 4. The van der Waals surface area contributed by atoms with Gasteiger partial charge in [0.15, 0.2) is 18.2 Å². The molecule has 2 aromatic rings. The number of benzene rings is 2. The lowest BCUT2D eigenvalue weighted by Crippen LogP contribution is -2.32. The molecule has 0 spiro atoms. The standard InChI is InChI=1S/C21H16ClNO5/c22-18-15(21(27)28-11-16(24)23-9-3-4-10-23)8-7-14-17(18)20(26)13-6-2-1-5-12(13)19(14)25/h1-2,5-8H,3-4,9-11H2. The van der Waals surface area contributed by atoms with E-state index in [0.717, 1.165) is 12.8 Å². The van der Waals surface area contributed by atoms with Gasteiger partial charge in [-0.3, -0.25) is 14.4 Å². The fraction of sp³-hybridized carbons (Fsp3) is 0.238. The van der Waals surface area contributed by atoms with Crippen LogP contribution < -0.4 is 0 Å². The summed E-state index contributed by atoms with van der Waals surface area (Å²) in [5, 5.41) is -0.135. The first-order chi connectivity index (χ1) is 13.5. The van der Waals surface area contributed by atoms with E-state index < -0.39 is 11.8 Å². The second-order valence-electron chi connectivity index (χ2n) is 6.72. The molecule has 1 aliphatic carbocycles. The second kappa shape index (κ2) is 7.20. The smallest absolute Gasteiger partial charge is 0.340 e. The van der Waals surface area contributed by atoms with Crippen LogP contribution in [0.15, 0.2) is 36.4 Å². The summed E-state index contributed by atoms with van der Waals surface area (Å²) in [6, 6.07) is 9.22. The van der Waals surface area contributed by atoms with Crippen LogP contribution in [0.1, 0.15) is 55.0 Å². The molecule has 142 valence electrons. The molecular weight excluding hydrogens is 382 g/mol. The van der Waals surface area contributed by atoms with E-state index >= 15 is 0 Å². The Kier molecular flexibility index (Phi) is 4.73. The van der Waals surface area contributed by atoms with Crippen LogP contribution in [0.5, 0.6) is 0 Å². The molecule has 0 unspecified atom stereocenters. The topological polar surface area (TPSA) is 80.8 Å². The summed E-state index contributed by atoms with van der Waals surface area (Å²) in [4.78, 5) is 51.6.